The first-order chi connectivity index (χ1) is 9.78. The fourth-order valence-corrected chi connectivity index (χ4v) is 3.35. The number of anilines is 1. The second kappa shape index (κ2) is 5.98. The first-order valence-electron chi connectivity index (χ1n) is 7.08. The molecule has 104 valence electrons. The van der Waals surface area contributed by atoms with E-state index < -0.39 is 0 Å². The third kappa shape index (κ3) is 2.74. The summed E-state index contributed by atoms with van der Waals surface area (Å²) in [6.45, 7) is 2.73. The van der Waals surface area contributed by atoms with Crippen molar-refractivity contribution >= 4 is 21.6 Å². The molecule has 0 radical (unpaired) electrons. The highest BCUT2D eigenvalue weighted by Gasteiger charge is 2.14. The standard InChI is InChI=1S/C17H19BrN2/c18-17-11-16(6-5-15(17)12-19)20-9-7-13-3-1-2-4-14(13)8-10-20/h1-6,11H,7-10,12,19H2. The van der Waals surface area contributed by atoms with Gasteiger partial charge in [-0.3, -0.25) is 0 Å². The van der Waals surface area contributed by atoms with E-state index in [-0.39, 0.29) is 0 Å². The molecule has 0 saturated heterocycles. The fourth-order valence-electron chi connectivity index (χ4n) is 2.82. The van der Waals surface area contributed by atoms with E-state index in [0.29, 0.717) is 6.54 Å². The summed E-state index contributed by atoms with van der Waals surface area (Å²) in [7, 11) is 0. The lowest BCUT2D eigenvalue weighted by molar-refractivity contribution is 0.805. The van der Waals surface area contributed by atoms with E-state index in [0.717, 1.165) is 36.0 Å². The van der Waals surface area contributed by atoms with Crippen molar-refractivity contribution in [1.29, 1.82) is 0 Å². The van der Waals surface area contributed by atoms with E-state index in [1.165, 1.54) is 16.8 Å². The molecule has 0 aliphatic carbocycles. The van der Waals surface area contributed by atoms with Crippen LogP contribution in [-0.4, -0.2) is 13.1 Å². The molecule has 1 aliphatic heterocycles. The second-order valence-electron chi connectivity index (χ2n) is 5.24. The molecule has 0 atom stereocenters. The van der Waals surface area contributed by atoms with Gasteiger partial charge in [0, 0.05) is 29.8 Å². The Bertz CT molecular complexity index is 583. The summed E-state index contributed by atoms with van der Waals surface area (Å²) in [4.78, 5) is 2.46. The van der Waals surface area contributed by atoms with E-state index in [4.69, 9.17) is 5.73 Å². The number of nitrogens with two attached hydrogens (primary N) is 1. The molecule has 0 amide bonds. The predicted molar refractivity (Wildman–Crippen MR) is 88.1 cm³/mol. The minimum Gasteiger partial charge on any atom is -0.371 e. The third-order valence-electron chi connectivity index (χ3n) is 4.04. The SMILES string of the molecule is NCc1ccc(N2CCc3ccccc3CC2)cc1Br. The lowest BCUT2D eigenvalue weighted by atomic mass is 10.0. The quantitative estimate of drug-likeness (QED) is 0.912. The normalized spacial score (nSPS) is 14.8. The van der Waals surface area contributed by atoms with Gasteiger partial charge in [0.15, 0.2) is 0 Å². The van der Waals surface area contributed by atoms with E-state index >= 15 is 0 Å². The van der Waals surface area contributed by atoms with Crippen molar-refractivity contribution in [3.05, 3.63) is 63.6 Å². The number of hydrogen-bond acceptors (Lipinski definition) is 2. The van der Waals surface area contributed by atoms with Gasteiger partial charge in [-0.25, -0.2) is 0 Å². The van der Waals surface area contributed by atoms with Gasteiger partial charge < -0.3 is 10.6 Å². The number of hydrogen-bond donors (Lipinski definition) is 1. The maximum atomic E-state index is 5.72. The van der Waals surface area contributed by atoms with Crippen LogP contribution in [0.25, 0.3) is 0 Å². The Hall–Kier alpha value is -1.32. The Morgan fingerprint density at radius 3 is 2.20 bits per heavy atom. The number of halogens is 1. The Balaban J connectivity index is 1.81. The zero-order valence-corrected chi connectivity index (χ0v) is 13.1. The average Bonchev–Trinajstić information content (AvgIpc) is 2.70. The van der Waals surface area contributed by atoms with Crippen LogP contribution in [0.5, 0.6) is 0 Å². The van der Waals surface area contributed by atoms with Crippen LogP contribution in [-0.2, 0) is 19.4 Å². The molecule has 2 N–H and O–H groups in total. The largest absolute Gasteiger partial charge is 0.371 e. The van der Waals surface area contributed by atoms with Crippen molar-refractivity contribution in [1.82, 2.24) is 0 Å². The zero-order chi connectivity index (χ0) is 13.9. The summed E-state index contributed by atoms with van der Waals surface area (Å²) in [6.07, 6.45) is 2.23. The fraction of sp³-hybridized carbons (Fsp3) is 0.294. The molecule has 2 aromatic rings. The topological polar surface area (TPSA) is 29.3 Å². The lowest BCUT2D eigenvalue weighted by Gasteiger charge is -2.23. The summed E-state index contributed by atoms with van der Waals surface area (Å²) in [5.74, 6) is 0. The van der Waals surface area contributed by atoms with E-state index in [2.05, 4.69) is 63.3 Å². The molecule has 0 bridgehead atoms. The number of nitrogens with zero attached hydrogens (tertiary/aromatic N) is 1. The summed E-state index contributed by atoms with van der Waals surface area (Å²) in [6, 6.07) is 15.3. The number of rotatable bonds is 2. The molecule has 3 rings (SSSR count). The van der Waals surface area contributed by atoms with Crippen LogP contribution in [0, 0.1) is 0 Å². The molecule has 2 aromatic carbocycles. The summed E-state index contributed by atoms with van der Waals surface area (Å²) in [5, 5.41) is 0. The summed E-state index contributed by atoms with van der Waals surface area (Å²) < 4.78 is 1.11. The van der Waals surface area contributed by atoms with Crippen LogP contribution in [0.4, 0.5) is 5.69 Å². The average molecular weight is 331 g/mol. The maximum Gasteiger partial charge on any atom is 0.0377 e. The molecule has 0 aromatic heterocycles. The molecule has 0 fully saturated rings. The third-order valence-corrected chi connectivity index (χ3v) is 4.78. The Labute approximate surface area is 128 Å². The van der Waals surface area contributed by atoms with Gasteiger partial charge in [-0.05, 0) is 41.7 Å². The molecule has 0 unspecified atom stereocenters. The highest BCUT2D eigenvalue weighted by atomic mass is 79.9. The van der Waals surface area contributed by atoms with Crippen LogP contribution in [0.3, 0.4) is 0 Å². The van der Waals surface area contributed by atoms with Gasteiger partial charge in [0.1, 0.15) is 0 Å². The first-order valence-corrected chi connectivity index (χ1v) is 7.87. The van der Waals surface area contributed by atoms with Crippen LogP contribution in [0.15, 0.2) is 46.9 Å². The molecule has 3 heteroatoms. The molecule has 0 spiro atoms. The molecule has 2 nitrogen and oxygen atoms in total. The van der Waals surface area contributed by atoms with Gasteiger partial charge in [0.2, 0.25) is 0 Å². The van der Waals surface area contributed by atoms with Gasteiger partial charge in [-0.2, -0.15) is 0 Å². The molecular weight excluding hydrogens is 312 g/mol. The zero-order valence-electron chi connectivity index (χ0n) is 11.5. The van der Waals surface area contributed by atoms with Crippen LogP contribution < -0.4 is 10.6 Å². The molecule has 20 heavy (non-hydrogen) atoms. The van der Waals surface area contributed by atoms with Gasteiger partial charge >= 0.3 is 0 Å². The second-order valence-corrected chi connectivity index (χ2v) is 6.09. The summed E-state index contributed by atoms with van der Waals surface area (Å²) in [5.41, 5.74) is 11.1. The minimum absolute atomic E-state index is 0.576. The predicted octanol–water partition coefficient (Wildman–Crippen LogP) is 3.51. The highest BCUT2D eigenvalue weighted by molar-refractivity contribution is 9.10. The van der Waals surface area contributed by atoms with Gasteiger partial charge in [-0.1, -0.05) is 46.3 Å². The van der Waals surface area contributed by atoms with Gasteiger partial charge in [0.05, 0.1) is 0 Å². The highest BCUT2D eigenvalue weighted by Crippen LogP contribution is 2.26. The van der Waals surface area contributed by atoms with Crippen LogP contribution in [0.1, 0.15) is 16.7 Å². The Morgan fingerprint density at radius 1 is 1.00 bits per heavy atom. The van der Waals surface area contributed by atoms with Crippen molar-refractivity contribution in [3.63, 3.8) is 0 Å². The van der Waals surface area contributed by atoms with Crippen LogP contribution in [0.2, 0.25) is 0 Å². The van der Waals surface area contributed by atoms with Crippen LogP contribution >= 0.6 is 15.9 Å². The molecule has 0 saturated carbocycles. The lowest BCUT2D eigenvalue weighted by Crippen LogP contribution is -2.26. The van der Waals surface area contributed by atoms with Crippen molar-refractivity contribution in [3.8, 4) is 0 Å². The number of benzene rings is 2. The minimum atomic E-state index is 0.576. The van der Waals surface area contributed by atoms with E-state index in [9.17, 15) is 0 Å². The van der Waals surface area contributed by atoms with Crippen molar-refractivity contribution < 1.29 is 0 Å². The Morgan fingerprint density at radius 2 is 1.65 bits per heavy atom. The first kappa shape index (κ1) is 13.7. The van der Waals surface area contributed by atoms with Crippen molar-refractivity contribution in [2.75, 3.05) is 18.0 Å². The Kier molecular flexibility index (Phi) is 4.08. The van der Waals surface area contributed by atoms with Crippen molar-refractivity contribution in [2.45, 2.75) is 19.4 Å². The smallest absolute Gasteiger partial charge is 0.0377 e. The van der Waals surface area contributed by atoms with E-state index in [1.807, 2.05) is 0 Å². The van der Waals surface area contributed by atoms with Crippen molar-refractivity contribution in [2.24, 2.45) is 5.73 Å². The molecule has 1 heterocycles. The maximum absolute atomic E-state index is 5.72. The number of fused-ring (bicyclic) bond motifs is 1. The molecule has 1 aliphatic rings. The van der Waals surface area contributed by atoms with Gasteiger partial charge in [0.25, 0.3) is 0 Å². The summed E-state index contributed by atoms with van der Waals surface area (Å²) >= 11 is 3.62. The monoisotopic (exact) mass is 330 g/mol. The van der Waals surface area contributed by atoms with E-state index in [1.54, 1.807) is 0 Å². The molecular formula is C17H19BrN2. The van der Waals surface area contributed by atoms with Gasteiger partial charge in [-0.15, -0.1) is 0 Å².